The van der Waals surface area contributed by atoms with Crippen LogP contribution >= 0.6 is 0 Å². The minimum absolute atomic E-state index is 0.798. The number of allylic oxidation sites excluding steroid dienone is 5. The molecule has 10 heavy (non-hydrogen) atoms. The molecule has 0 radical (unpaired) electrons. The third-order valence-electron chi connectivity index (χ3n) is 1.02. The normalized spacial score (nSPS) is 13.6. The molecular formula is C9H15N. The van der Waals surface area contributed by atoms with E-state index in [1.54, 1.807) is 0 Å². The highest BCUT2D eigenvalue weighted by Crippen LogP contribution is 1.88. The Balaban J connectivity index is 3.79. The highest BCUT2D eigenvalue weighted by molar-refractivity contribution is 5.19. The Hall–Kier alpha value is -0.980. The Kier molecular flexibility index (Phi) is 5.54. The maximum absolute atomic E-state index is 5.55. The predicted octanol–water partition coefficient (Wildman–Crippen LogP) is 2.37. The van der Waals surface area contributed by atoms with Crippen LogP contribution in [0.3, 0.4) is 0 Å². The van der Waals surface area contributed by atoms with Gasteiger partial charge in [0, 0.05) is 5.70 Å². The second kappa shape index (κ2) is 6.14. The summed E-state index contributed by atoms with van der Waals surface area (Å²) in [5.74, 6) is 0. The monoisotopic (exact) mass is 137 g/mol. The van der Waals surface area contributed by atoms with Gasteiger partial charge in [0.1, 0.15) is 0 Å². The maximum Gasteiger partial charge on any atom is 0.0310 e. The molecule has 0 atom stereocenters. The lowest BCUT2D eigenvalue weighted by atomic mass is 10.3. The number of nitrogens with two attached hydrogens (primary N) is 1. The SMILES string of the molecule is C\C=C/C(N)=C\C=C/CC. The van der Waals surface area contributed by atoms with E-state index in [2.05, 4.69) is 13.0 Å². The van der Waals surface area contributed by atoms with Crippen LogP contribution in [0, 0.1) is 0 Å². The lowest BCUT2D eigenvalue weighted by Gasteiger charge is -1.85. The molecule has 0 amide bonds. The molecule has 0 aliphatic carbocycles. The van der Waals surface area contributed by atoms with Crippen molar-refractivity contribution in [3.05, 3.63) is 36.1 Å². The minimum atomic E-state index is 0.798. The van der Waals surface area contributed by atoms with Crippen LogP contribution in [0.15, 0.2) is 36.1 Å². The lowest BCUT2D eigenvalue weighted by Crippen LogP contribution is -1.90. The molecule has 0 aliphatic heterocycles. The van der Waals surface area contributed by atoms with E-state index in [-0.39, 0.29) is 0 Å². The van der Waals surface area contributed by atoms with Gasteiger partial charge in [-0.3, -0.25) is 0 Å². The molecule has 0 saturated heterocycles. The highest BCUT2D eigenvalue weighted by atomic mass is 14.5. The first kappa shape index (κ1) is 9.02. The lowest BCUT2D eigenvalue weighted by molar-refractivity contribution is 1.22. The van der Waals surface area contributed by atoms with E-state index in [1.807, 2.05) is 31.2 Å². The van der Waals surface area contributed by atoms with E-state index in [0.29, 0.717) is 0 Å². The zero-order valence-corrected chi connectivity index (χ0v) is 6.67. The Labute approximate surface area is 62.9 Å². The van der Waals surface area contributed by atoms with Gasteiger partial charge in [-0.25, -0.2) is 0 Å². The van der Waals surface area contributed by atoms with Gasteiger partial charge in [-0.1, -0.05) is 25.2 Å². The molecule has 0 aromatic rings. The van der Waals surface area contributed by atoms with E-state index in [1.165, 1.54) is 0 Å². The molecule has 2 N–H and O–H groups in total. The second-order valence-corrected chi connectivity index (χ2v) is 2.00. The molecule has 0 aromatic heterocycles. The zero-order chi connectivity index (χ0) is 7.82. The van der Waals surface area contributed by atoms with Crippen LogP contribution in [-0.4, -0.2) is 0 Å². The van der Waals surface area contributed by atoms with Crippen molar-refractivity contribution >= 4 is 0 Å². The standard InChI is InChI=1S/C9H15N/c1-3-5-6-8-9(10)7-4-2/h4-8H,3,10H2,1-2H3/b6-5-,7-4-,9-8+. The highest BCUT2D eigenvalue weighted by Gasteiger charge is 1.74. The Morgan fingerprint density at radius 2 is 2.20 bits per heavy atom. The molecule has 0 spiro atoms. The van der Waals surface area contributed by atoms with Crippen molar-refractivity contribution in [1.29, 1.82) is 0 Å². The molecule has 1 heteroatoms. The molecule has 0 saturated carbocycles. The van der Waals surface area contributed by atoms with Crippen molar-refractivity contribution in [2.75, 3.05) is 0 Å². The van der Waals surface area contributed by atoms with E-state index in [4.69, 9.17) is 5.73 Å². The summed E-state index contributed by atoms with van der Waals surface area (Å²) in [7, 11) is 0. The predicted molar refractivity (Wildman–Crippen MR) is 46.5 cm³/mol. The third-order valence-corrected chi connectivity index (χ3v) is 1.02. The smallest absolute Gasteiger partial charge is 0.0310 e. The van der Waals surface area contributed by atoms with Crippen LogP contribution in [-0.2, 0) is 0 Å². The molecule has 0 heterocycles. The Bertz CT molecular complexity index is 152. The van der Waals surface area contributed by atoms with Crippen LogP contribution in [0.5, 0.6) is 0 Å². The first-order valence-electron chi connectivity index (χ1n) is 3.56. The first-order valence-corrected chi connectivity index (χ1v) is 3.56. The van der Waals surface area contributed by atoms with Crippen molar-refractivity contribution in [1.82, 2.24) is 0 Å². The van der Waals surface area contributed by atoms with Gasteiger partial charge < -0.3 is 5.73 Å². The van der Waals surface area contributed by atoms with Crippen LogP contribution in [0.2, 0.25) is 0 Å². The van der Waals surface area contributed by atoms with Gasteiger partial charge in [0.15, 0.2) is 0 Å². The fraction of sp³-hybridized carbons (Fsp3) is 0.333. The van der Waals surface area contributed by atoms with Gasteiger partial charge in [0.2, 0.25) is 0 Å². The van der Waals surface area contributed by atoms with Gasteiger partial charge >= 0.3 is 0 Å². The van der Waals surface area contributed by atoms with Crippen LogP contribution < -0.4 is 5.73 Å². The molecule has 1 nitrogen and oxygen atoms in total. The van der Waals surface area contributed by atoms with Gasteiger partial charge in [0.05, 0.1) is 0 Å². The topological polar surface area (TPSA) is 26.0 Å². The van der Waals surface area contributed by atoms with Gasteiger partial charge in [0.25, 0.3) is 0 Å². The van der Waals surface area contributed by atoms with Crippen LogP contribution in [0.1, 0.15) is 20.3 Å². The zero-order valence-electron chi connectivity index (χ0n) is 6.67. The first-order chi connectivity index (χ1) is 4.81. The molecule has 0 aliphatic rings. The van der Waals surface area contributed by atoms with Gasteiger partial charge in [-0.05, 0) is 25.5 Å². The maximum atomic E-state index is 5.55. The van der Waals surface area contributed by atoms with Crippen LogP contribution in [0.4, 0.5) is 0 Å². The summed E-state index contributed by atoms with van der Waals surface area (Å²) in [6, 6.07) is 0. The molecule has 0 fully saturated rings. The molecule has 0 bridgehead atoms. The summed E-state index contributed by atoms with van der Waals surface area (Å²) < 4.78 is 0. The van der Waals surface area contributed by atoms with Crippen molar-refractivity contribution in [2.45, 2.75) is 20.3 Å². The number of hydrogen-bond acceptors (Lipinski definition) is 1. The average Bonchev–Trinajstić information content (AvgIpc) is 1.89. The summed E-state index contributed by atoms with van der Waals surface area (Å²) in [6.07, 6.45) is 10.8. The summed E-state index contributed by atoms with van der Waals surface area (Å²) in [5.41, 5.74) is 6.35. The molecule has 0 unspecified atom stereocenters. The minimum Gasteiger partial charge on any atom is -0.399 e. The fourth-order valence-corrected chi connectivity index (χ4v) is 0.563. The van der Waals surface area contributed by atoms with Gasteiger partial charge in [-0.15, -0.1) is 0 Å². The Morgan fingerprint density at radius 1 is 1.50 bits per heavy atom. The second-order valence-electron chi connectivity index (χ2n) is 2.00. The van der Waals surface area contributed by atoms with E-state index >= 15 is 0 Å². The summed E-state index contributed by atoms with van der Waals surface area (Å²) in [6.45, 7) is 4.04. The molecular weight excluding hydrogens is 122 g/mol. The van der Waals surface area contributed by atoms with Gasteiger partial charge in [-0.2, -0.15) is 0 Å². The average molecular weight is 137 g/mol. The van der Waals surface area contributed by atoms with Crippen molar-refractivity contribution < 1.29 is 0 Å². The van der Waals surface area contributed by atoms with Crippen molar-refractivity contribution in [2.24, 2.45) is 5.73 Å². The third kappa shape index (κ3) is 5.16. The number of hydrogen-bond donors (Lipinski definition) is 1. The largest absolute Gasteiger partial charge is 0.399 e. The Morgan fingerprint density at radius 3 is 2.70 bits per heavy atom. The fourth-order valence-electron chi connectivity index (χ4n) is 0.563. The van der Waals surface area contributed by atoms with E-state index < -0.39 is 0 Å². The van der Waals surface area contributed by atoms with Crippen molar-refractivity contribution in [3.8, 4) is 0 Å². The van der Waals surface area contributed by atoms with Crippen LogP contribution in [0.25, 0.3) is 0 Å². The molecule has 56 valence electrons. The molecule has 0 rings (SSSR count). The summed E-state index contributed by atoms with van der Waals surface area (Å²) in [5, 5.41) is 0. The van der Waals surface area contributed by atoms with Crippen molar-refractivity contribution in [3.63, 3.8) is 0 Å². The quantitative estimate of drug-likeness (QED) is 0.594. The molecule has 0 aromatic carbocycles. The van der Waals surface area contributed by atoms with E-state index in [9.17, 15) is 0 Å². The number of rotatable bonds is 3. The van der Waals surface area contributed by atoms with E-state index in [0.717, 1.165) is 12.1 Å². The summed E-state index contributed by atoms with van der Waals surface area (Å²) >= 11 is 0. The summed E-state index contributed by atoms with van der Waals surface area (Å²) in [4.78, 5) is 0.